The lowest BCUT2D eigenvalue weighted by molar-refractivity contribution is 0.389. The van der Waals surface area contributed by atoms with Gasteiger partial charge in [0.25, 0.3) is 10.9 Å². The zero-order chi connectivity index (χ0) is 9.19. The third-order valence-corrected chi connectivity index (χ3v) is 1.61. The average Bonchev–Trinajstić information content (AvgIpc) is 1.91. The lowest BCUT2D eigenvalue weighted by Crippen LogP contribution is -2.02. The van der Waals surface area contributed by atoms with Gasteiger partial charge < -0.3 is 13.8 Å². The quantitative estimate of drug-likeness (QED) is 0.690. The molecule has 1 aromatic carbocycles. The van der Waals surface area contributed by atoms with Crippen molar-refractivity contribution in [2.75, 3.05) is 6.26 Å². The molecule has 0 aliphatic rings. The molecule has 0 aromatic heterocycles. The molecule has 12 heavy (non-hydrogen) atoms. The second-order valence-corrected chi connectivity index (χ2v) is 4.15. The third-order valence-electron chi connectivity index (χ3n) is 1.10. The maximum Gasteiger partial charge on any atom is 0.251 e. The first-order valence-electron chi connectivity index (χ1n) is 3.21. The molecule has 0 radical (unpaired) electrons. The van der Waals surface area contributed by atoms with Gasteiger partial charge in [-0.3, -0.25) is 4.55 Å². The predicted molar refractivity (Wildman–Crippen MR) is 48.5 cm³/mol. The number of phenolic OH excluding ortho intramolecular Hbond substituents is 1. The molecule has 4 N–H and O–H groups in total. The van der Waals surface area contributed by atoms with Gasteiger partial charge in [0, 0.05) is 0 Å². The van der Waals surface area contributed by atoms with Crippen LogP contribution in [-0.4, -0.2) is 20.5 Å². The van der Waals surface area contributed by atoms with Gasteiger partial charge in [-0.2, -0.15) is 0 Å². The lowest BCUT2D eigenvalue weighted by Gasteiger charge is -2.16. The molecule has 0 bridgehead atoms. The standard InChI is InChI=1S/C7H10O4S/c1-12(9,10)11-7-4-2-6(8)3-5-7/h2-5,8-10H,1H3/p+1. The normalized spacial score (nSPS) is 17.9. The Morgan fingerprint density at radius 2 is 1.83 bits per heavy atom. The van der Waals surface area contributed by atoms with Gasteiger partial charge in [-0.1, -0.05) is 0 Å². The second-order valence-electron chi connectivity index (χ2n) is 2.38. The van der Waals surface area contributed by atoms with Crippen LogP contribution < -0.4 is 4.18 Å². The molecular weight excluding hydrogens is 180 g/mol. The molecule has 0 aliphatic heterocycles. The summed E-state index contributed by atoms with van der Waals surface area (Å²) >= 11 is 0. The van der Waals surface area contributed by atoms with E-state index in [4.69, 9.17) is 18.4 Å². The summed E-state index contributed by atoms with van der Waals surface area (Å²) in [4.78, 5) is 0. The Bertz CT molecular complexity index is 251. The summed E-state index contributed by atoms with van der Waals surface area (Å²) in [6, 6.07) is 5.84. The summed E-state index contributed by atoms with van der Waals surface area (Å²) in [5.41, 5.74) is 0. The summed E-state index contributed by atoms with van der Waals surface area (Å²) in [5, 5.41) is 8.90. The molecule has 0 heterocycles. The lowest BCUT2D eigenvalue weighted by atomic mass is 10.3. The summed E-state index contributed by atoms with van der Waals surface area (Å²) in [6.45, 7) is 0. The van der Waals surface area contributed by atoms with Crippen LogP contribution >= 0.6 is 10.9 Å². The number of hydrogen-bond acceptors (Lipinski definition) is 3. The van der Waals surface area contributed by atoms with Crippen LogP contribution in [0.4, 0.5) is 0 Å². The Morgan fingerprint density at radius 3 is 2.25 bits per heavy atom. The molecule has 1 aromatic rings. The zero-order valence-electron chi connectivity index (χ0n) is 6.52. The van der Waals surface area contributed by atoms with Crippen molar-refractivity contribution in [1.29, 1.82) is 0 Å². The molecule has 1 atom stereocenters. The molecule has 0 amide bonds. The van der Waals surface area contributed by atoms with Crippen LogP contribution in [-0.2, 0) is 0 Å². The molecule has 0 saturated carbocycles. The Kier molecular flexibility index (Phi) is 2.46. The van der Waals surface area contributed by atoms with Crippen LogP contribution in [0.3, 0.4) is 0 Å². The molecular formula is C7H11O4S+. The second kappa shape index (κ2) is 3.22. The molecule has 4 nitrogen and oxygen atoms in total. The fourth-order valence-electron chi connectivity index (χ4n) is 0.689. The van der Waals surface area contributed by atoms with Crippen molar-refractivity contribution in [3.05, 3.63) is 24.3 Å². The molecule has 0 fully saturated rings. The largest absolute Gasteiger partial charge is 0.508 e. The van der Waals surface area contributed by atoms with E-state index in [1.807, 2.05) is 0 Å². The Balaban J connectivity index is 2.71. The number of benzene rings is 1. The van der Waals surface area contributed by atoms with Crippen LogP contribution in [0.25, 0.3) is 0 Å². The summed E-state index contributed by atoms with van der Waals surface area (Å²) in [5.74, 6) is 0.504. The average molecular weight is 191 g/mol. The summed E-state index contributed by atoms with van der Waals surface area (Å²) in [6.07, 6.45) is 1.29. The Labute approximate surface area is 72.0 Å². The smallest absolute Gasteiger partial charge is 0.251 e. The topological polar surface area (TPSA) is 72.6 Å². The van der Waals surface area contributed by atoms with Gasteiger partial charge in [0.15, 0.2) is 0 Å². The van der Waals surface area contributed by atoms with Gasteiger partial charge in [-0.15, -0.1) is 0 Å². The third kappa shape index (κ3) is 3.00. The summed E-state index contributed by atoms with van der Waals surface area (Å²) in [7, 11) is -2.72. The van der Waals surface area contributed by atoms with E-state index in [9.17, 15) is 0 Å². The van der Waals surface area contributed by atoms with Crippen LogP contribution in [0.2, 0.25) is 0 Å². The van der Waals surface area contributed by atoms with Crippen molar-refractivity contribution in [3.8, 4) is 11.5 Å². The molecule has 68 valence electrons. The van der Waals surface area contributed by atoms with Gasteiger partial charge in [0.1, 0.15) is 11.5 Å². The van der Waals surface area contributed by atoms with E-state index in [-0.39, 0.29) is 5.75 Å². The van der Waals surface area contributed by atoms with Crippen molar-refractivity contribution >= 4 is 10.9 Å². The van der Waals surface area contributed by atoms with Gasteiger partial charge >= 0.3 is 0 Å². The number of rotatable bonds is 2. The van der Waals surface area contributed by atoms with Gasteiger partial charge in [-0.05, 0) is 24.3 Å². The SMILES string of the molecule is CS(O)([OH2+])Oc1ccc(O)cc1. The molecule has 0 aliphatic carbocycles. The minimum Gasteiger partial charge on any atom is -0.508 e. The van der Waals surface area contributed by atoms with Crippen LogP contribution in [0, 0.1) is 0 Å². The fourth-order valence-corrected chi connectivity index (χ4v) is 1.17. The van der Waals surface area contributed by atoms with Crippen molar-refractivity contribution < 1.29 is 18.4 Å². The van der Waals surface area contributed by atoms with E-state index in [1.165, 1.54) is 30.5 Å². The first-order valence-corrected chi connectivity index (χ1v) is 5.13. The molecule has 5 heteroatoms. The van der Waals surface area contributed by atoms with E-state index >= 15 is 0 Å². The minimum atomic E-state index is -2.72. The van der Waals surface area contributed by atoms with Gasteiger partial charge in [-0.25, -0.2) is 0 Å². The van der Waals surface area contributed by atoms with Crippen LogP contribution in [0.15, 0.2) is 24.3 Å². The zero-order valence-corrected chi connectivity index (χ0v) is 7.34. The van der Waals surface area contributed by atoms with Crippen molar-refractivity contribution in [1.82, 2.24) is 0 Å². The summed E-state index contributed by atoms with van der Waals surface area (Å²) < 4.78 is 20.9. The number of hydrogen-bond donors (Lipinski definition) is 2. The highest BCUT2D eigenvalue weighted by Crippen LogP contribution is 2.36. The highest BCUT2D eigenvalue weighted by Gasteiger charge is 2.15. The highest BCUT2D eigenvalue weighted by molar-refractivity contribution is 8.19. The maximum absolute atomic E-state index is 9.01. The minimum absolute atomic E-state index is 0.127. The maximum atomic E-state index is 9.01. The molecule has 1 rings (SSSR count). The number of phenols is 1. The Hall–Kier alpha value is -0.910. The van der Waals surface area contributed by atoms with Crippen molar-refractivity contribution in [3.63, 3.8) is 0 Å². The molecule has 0 spiro atoms. The van der Waals surface area contributed by atoms with Crippen molar-refractivity contribution in [2.45, 2.75) is 0 Å². The highest BCUT2D eigenvalue weighted by atomic mass is 32.3. The predicted octanol–water partition coefficient (Wildman–Crippen LogP) is 1.23. The fraction of sp³-hybridized carbons (Fsp3) is 0.143. The molecule has 0 saturated heterocycles. The number of aromatic hydroxyl groups is 1. The van der Waals surface area contributed by atoms with E-state index in [1.54, 1.807) is 0 Å². The van der Waals surface area contributed by atoms with Crippen LogP contribution in [0.5, 0.6) is 11.5 Å². The molecule has 1 unspecified atom stereocenters. The van der Waals surface area contributed by atoms with Gasteiger partial charge in [0.05, 0.1) is 6.26 Å². The van der Waals surface area contributed by atoms with E-state index in [0.717, 1.165) is 0 Å². The van der Waals surface area contributed by atoms with Crippen molar-refractivity contribution in [2.24, 2.45) is 0 Å². The van der Waals surface area contributed by atoms with Gasteiger partial charge in [0.2, 0.25) is 0 Å². The van der Waals surface area contributed by atoms with E-state index in [2.05, 4.69) is 0 Å². The first-order chi connectivity index (χ1) is 5.47. The van der Waals surface area contributed by atoms with Crippen LogP contribution in [0.1, 0.15) is 0 Å². The van der Waals surface area contributed by atoms with E-state index < -0.39 is 10.9 Å². The first kappa shape index (κ1) is 9.18. The monoisotopic (exact) mass is 191 g/mol. The van der Waals surface area contributed by atoms with E-state index in [0.29, 0.717) is 5.75 Å². The Morgan fingerprint density at radius 1 is 1.33 bits per heavy atom.